The molecule has 2 nitrogen and oxygen atoms in total. The molecule has 1 N–H and O–H groups in total. The first kappa shape index (κ1) is 14.7. The van der Waals surface area contributed by atoms with Gasteiger partial charge in [0.1, 0.15) is 0 Å². The summed E-state index contributed by atoms with van der Waals surface area (Å²) in [5.74, 6) is 0. The first-order valence-corrected chi connectivity index (χ1v) is 7.32. The van der Waals surface area contributed by atoms with Crippen LogP contribution in [0.2, 0.25) is 0 Å². The lowest BCUT2D eigenvalue weighted by Crippen LogP contribution is -2.25. The van der Waals surface area contributed by atoms with Crippen molar-refractivity contribution in [2.75, 3.05) is 6.54 Å². The molecule has 1 atom stereocenters. The number of aromatic nitrogens is 1. The first-order valence-electron chi connectivity index (χ1n) is 7.32. The molecule has 0 spiro atoms. The smallest absolute Gasteiger partial charge is 0.0605 e. The number of likely N-dealkylation sites (N-methyl/N-ethyl adjacent to an activating group) is 1. The Labute approximate surface area is 122 Å². The van der Waals surface area contributed by atoms with Crippen LogP contribution in [0, 0.1) is 20.8 Å². The molecule has 0 aliphatic rings. The van der Waals surface area contributed by atoms with E-state index in [0.29, 0.717) is 0 Å². The fraction of sp³-hybridized carbons (Fsp3) is 0.389. The molecule has 1 unspecified atom stereocenters. The Morgan fingerprint density at radius 1 is 1.10 bits per heavy atom. The summed E-state index contributed by atoms with van der Waals surface area (Å²) in [6.45, 7) is 9.57. The average molecular weight is 268 g/mol. The molecule has 20 heavy (non-hydrogen) atoms. The van der Waals surface area contributed by atoms with Crippen LogP contribution >= 0.6 is 0 Å². The van der Waals surface area contributed by atoms with Crippen LogP contribution in [0.15, 0.2) is 36.5 Å². The summed E-state index contributed by atoms with van der Waals surface area (Å²) in [7, 11) is 0. The van der Waals surface area contributed by atoms with Gasteiger partial charge in [0.15, 0.2) is 0 Å². The molecule has 0 saturated heterocycles. The number of nitrogens with zero attached hydrogens (tertiary/aromatic N) is 1. The predicted molar refractivity (Wildman–Crippen MR) is 85.0 cm³/mol. The molecule has 2 heteroatoms. The van der Waals surface area contributed by atoms with Crippen molar-refractivity contribution in [1.82, 2.24) is 10.3 Å². The fourth-order valence-corrected chi connectivity index (χ4v) is 2.61. The van der Waals surface area contributed by atoms with E-state index >= 15 is 0 Å². The summed E-state index contributed by atoms with van der Waals surface area (Å²) in [5.41, 5.74) is 6.49. The second kappa shape index (κ2) is 6.67. The Morgan fingerprint density at radius 3 is 2.60 bits per heavy atom. The molecular formula is C18H24N2. The second-order valence-electron chi connectivity index (χ2n) is 5.45. The SMILES string of the molecule is CCNC(Cc1cc(C)ccc1C)c1ncccc1C. The molecule has 1 aromatic carbocycles. The normalized spacial score (nSPS) is 12.4. The zero-order chi connectivity index (χ0) is 14.5. The van der Waals surface area contributed by atoms with E-state index in [-0.39, 0.29) is 6.04 Å². The van der Waals surface area contributed by atoms with Gasteiger partial charge in [-0.25, -0.2) is 0 Å². The number of hydrogen-bond acceptors (Lipinski definition) is 2. The molecule has 0 fully saturated rings. The molecule has 1 heterocycles. The van der Waals surface area contributed by atoms with E-state index in [9.17, 15) is 0 Å². The molecule has 106 valence electrons. The van der Waals surface area contributed by atoms with Crippen molar-refractivity contribution in [3.05, 3.63) is 64.5 Å². The molecule has 0 aliphatic carbocycles. The molecule has 0 saturated carbocycles. The van der Waals surface area contributed by atoms with Crippen molar-refractivity contribution in [2.24, 2.45) is 0 Å². The zero-order valence-electron chi connectivity index (χ0n) is 12.9. The lowest BCUT2D eigenvalue weighted by molar-refractivity contribution is 0.533. The lowest BCUT2D eigenvalue weighted by atomic mass is 9.95. The lowest BCUT2D eigenvalue weighted by Gasteiger charge is -2.20. The summed E-state index contributed by atoms with van der Waals surface area (Å²) >= 11 is 0. The van der Waals surface area contributed by atoms with Gasteiger partial charge in [0.05, 0.1) is 11.7 Å². The Balaban J connectivity index is 2.30. The Bertz CT molecular complexity index is 575. The van der Waals surface area contributed by atoms with Crippen molar-refractivity contribution in [1.29, 1.82) is 0 Å². The van der Waals surface area contributed by atoms with Crippen LogP contribution in [0.25, 0.3) is 0 Å². The van der Waals surface area contributed by atoms with Gasteiger partial charge in [-0.1, -0.05) is 36.8 Å². The van der Waals surface area contributed by atoms with Gasteiger partial charge in [-0.15, -0.1) is 0 Å². The third kappa shape index (κ3) is 3.45. The van der Waals surface area contributed by atoms with Crippen LogP contribution in [0.5, 0.6) is 0 Å². The van der Waals surface area contributed by atoms with Crippen LogP contribution in [0.3, 0.4) is 0 Å². The van der Waals surface area contributed by atoms with Crippen molar-refractivity contribution >= 4 is 0 Å². The van der Waals surface area contributed by atoms with Gasteiger partial charge in [0.25, 0.3) is 0 Å². The topological polar surface area (TPSA) is 24.9 Å². The van der Waals surface area contributed by atoms with E-state index in [0.717, 1.165) is 18.7 Å². The minimum atomic E-state index is 0.279. The molecule has 2 rings (SSSR count). The van der Waals surface area contributed by atoms with E-state index in [1.807, 2.05) is 12.3 Å². The van der Waals surface area contributed by atoms with Gasteiger partial charge in [-0.05, 0) is 56.5 Å². The van der Waals surface area contributed by atoms with Crippen LogP contribution < -0.4 is 5.32 Å². The number of rotatable bonds is 5. The van der Waals surface area contributed by atoms with E-state index < -0.39 is 0 Å². The van der Waals surface area contributed by atoms with Gasteiger partial charge < -0.3 is 5.32 Å². The van der Waals surface area contributed by atoms with Crippen LogP contribution in [-0.2, 0) is 6.42 Å². The van der Waals surface area contributed by atoms with Gasteiger partial charge in [0, 0.05) is 6.20 Å². The highest BCUT2D eigenvalue weighted by Gasteiger charge is 2.15. The zero-order valence-corrected chi connectivity index (χ0v) is 12.9. The first-order chi connectivity index (χ1) is 9.61. The highest BCUT2D eigenvalue weighted by molar-refractivity contribution is 5.33. The maximum absolute atomic E-state index is 4.58. The highest BCUT2D eigenvalue weighted by atomic mass is 14.9. The summed E-state index contributed by atoms with van der Waals surface area (Å²) in [4.78, 5) is 4.58. The van der Waals surface area contributed by atoms with E-state index in [4.69, 9.17) is 0 Å². The Kier molecular flexibility index (Phi) is 4.91. The van der Waals surface area contributed by atoms with Crippen molar-refractivity contribution in [3.8, 4) is 0 Å². The third-order valence-electron chi connectivity index (χ3n) is 3.76. The molecule has 0 radical (unpaired) electrons. The largest absolute Gasteiger partial charge is 0.309 e. The minimum absolute atomic E-state index is 0.279. The van der Waals surface area contributed by atoms with Crippen molar-refractivity contribution in [3.63, 3.8) is 0 Å². The maximum Gasteiger partial charge on any atom is 0.0605 e. The maximum atomic E-state index is 4.58. The molecule has 1 aromatic heterocycles. The molecule has 0 aliphatic heterocycles. The van der Waals surface area contributed by atoms with Gasteiger partial charge >= 0.3 is 0 Å². The van der Waals surface area contributed by atoms with Crippen molar-refractivity contribution < 1.29 is 0 Å². The van der Waals surface area contributed by atoms with E-state index in [1.54, 1.807) is 0 Å². The Hall–Kier alpha value is -1.67. The minimum Gasteiger partial charge on any atom is -0.309 e. The van der Waals surface area contributed by atoms with Crippen LogP contribution in [0.4, 0.5) is 0 Å². The standard InChI is InChI=1S/C18H24N2/c1-5-19-17(18-15(4)7-6-10-20-18)12-16-11-13(2)8-9-14(16)3/h6-11,17,19H,5,12H2,1-4H3. The van der Waals surface area contributed by atoms with E-state index in [2.05, 4.69) is 62.3 Å². The van der Waals surface area contributed by atoms with E-state index in [1.165, 1.54) is 22.3 Å². The summed E-state index contributed by atoms with van der Waals surface area (Å²) in [5, 5.41) is 3.57. The number of benzene rings is 1. The fourth-order valence-electron chi connectivity index (χ4n) is 2.61. The average Bonchev–Trinajstić information content (AvgIpc) is 2.43. The van der Waals surface area contributed by atoms with Crippen LogP contribution in [-0.4, -0.2) is 11.5 Å². The number of aryl methyl sites for hydroxylation is 3. The number of pyridine rings is 1. The number of hydrogen-bond donors (Lipinski definition) is 1. The van der Waals surface area contributed by atoms with Gasteiger partial charge in [-0.3, -0.25) is 4.98 Å². The highest BCUT2D eigenvalue weighted by Crippen LogP contribution is 2.22. The summed E-state index contributed by atoms with van der Waals surface area (Å²) < 4.78 is 0. The molecule has 0 amide bonds. The van der Waals surface area contributed by atoms with Gasteiger partial charge in [0.2, 0.25) is 0 Å². The molecular weight excluding hydrogens is 244 g/mol. The summed E-state index contributed by atoms with van der Waals surface area (Å²) in [6, 6.07) is 11.1. The quantitative estimate of drug-likeness (QED) is 0.889. The third-order valence-corrected chi connectivity index (χ3v) is 3.76. The summed E-state index contributed by atoms with van der Waals surface area (Å²) in [6.07, 6.45) is 2.87. The van der Waals surface area contributed by atoms with Crippen LogP contribution in [0.1, 0.15) is 40.9 Å². The molecule has 0 bridgehead atoms. The predicted octanol–water partition coefficient (Wildman–Crippen LogP) is 3.90. The van der Waals surface area contributed by atoms with Gasteiger partial charge in [-0.2, -0.15) is 0 Å². The molecule has 2 aromatic rings. The monoisotopic (exact) mass is 268 g/mol. The number of nitrogens with one attached hydrogen (secondary N) is 1. The second-order valence-corrected chi connectivity index (χ2v) is 5.45. The Morgan fingerprint density at radius 2 is 1.90 bits per heavy atom. The van der Waals surface area contributed by atoms with Crippen molar-refractivity contribution in [2.45, 2.75) is 40.2 Å².